The number of epoxide rings is 1. The summed E-state index contributed by atoms with van der Waals surface area (Å²) in [5.41, 5.74) is 3.06. The van der Waals surface area contributed by atoms with Crippen molar-refractivity contribution in [3.8, 4) is 0 Å². The lowest BCUT2D eigenvalue weighted by Gasteiger charge is -2.36. The fourth-order valence-corrected chi connectivity index (χ4v) is 13.6. The first-order valence-electron chi connectivity index (χ1n) is 12.8. The molecule has 1 heterocycles. The van der Waals surface area contributed by atoms with E-state index in [1.165, 1.54) is 11.1 Å². The topological polar surface area (TPSA) is 80.8 Å². The minimum Gasteiger partial charge on any atom is -0.359 e. The molecule has 0 amide bonds. The molecule has 2 aromatic rings. The van der Waals surface area contributed by atoms with Gasteiger partial charge in [-0.2, -0.15) is 0 Å². The van der Waals surface area contributed by atoms with Crippen LogP contribution in [-0.2, 0) is 24.4 Å². The van der Waals surface area contributed by atoms with Crippen molar-refractivity contribution in [2.24, 2.45) is 23.7 Å². The van der Waals surface area contributed by atoms with E-state index < -0.39 is 53.2 Å². The molecule has 37 heavy (non-hydrogen) atoms. The molecule has 7 heteroatoms. The average molecular weight is 535 g/mol. The molecule has 5 nitrogen and oxygen atoms in total. The predicted octanol–water partition coefficient (Wildman–Crippen LogP) is 4.93. The van der Waals surface area contributed by atoms with Gasteiger partial charge in [0, 0.05) is 23.7 Å². The van der Waals surface area contributed by atoms with E-state index in [4.69, 9.17) is 4.74 Å². The van der Waals surface area contributed by atoms with Gasteiger partial charge in [-0.3, -0.25) is 0 Å². The van der Waals surface area contributed by atoms with Crippen LogP contribution < -0.4 is 0 Å². The van der Waals surface area contributed by atoms with Gasteiger partial charge in [0.15, 0.2) is 19.7 Å². The number of hydrogen-bond acceptors (Lipinski definition) is 5. The van der Waals surface area contributed by atoms with Crippen molar-refractivity contribution in [3.05, 3.63) is 95.1 Å². The first kappa shape index (κ1) is 23.6. The first-order chi connectivity index (χ1) is 17.5. The van der Waals surface area contributed by atoms with Crippen LogP contribution in [0, 0.1) is 23.7 Å². The van der Waals surface area contributed by atoms with Gasteiger partial charge in [-0.25, -0.2) is 16.8 Å². The number of hydrogen-bond donors (Lipinski definition) is 0. The molecule has 1 aliphatic heterocycles. The summed E-state index contributed by atoms with van der Waals surface area (Å²) in [7, 11) is -8.04. The van der Waals surface area contributed by atoms with Gasteiger partial charge in [0.1, 0.15) is 11.2 Å². The molecular weight excluding hydrogens is 504 g/mol. The fourth-order valence-electron chi connectivity index (χ4n) is 8.60. The summed E-state index contributed by atoms with van der Waals surface area (Å²) >= 11 is 0. The van der Waals surface area contributed by atoms with Gasteiger partial charge < -0.3 is 4.74 Å². The van der Waals surface area contributed by atoms with Crippen molar-refractivity contribution in [3.63, 3.8) is 0 Å². The number of rotatable bonds is 4. The van der Waals surface area contributed by atoms with E-state index in [1.807, 2.05) is 13.8 Å². The highest BCUT2D eigenvalue weighted by atomic mass is 32.2. The second-order valence-electron chi connectivity index (χ2n) is 11.5. The molecule has 0 spiro atoms. The highest BCUT2D eigenvalue weighted by Gasteiger charge is 2.97. The maximum absolute atomic E-state index is 14.5. The Bertz CT molecular complexity index is 1540. The largest absolute Gasteiger partial charge is 0.359 e. The van der Waals surface area contributed by atoms with Crippen LogP contribution in [0.15, 0.2) is 105 Å². The molecule has 8 unspecified atom stereocenters. The number of sulfone groups is 2. The molecule has 8 atom stereocenters. The molecule has 2 aromatic carbocycles. The minimum absolute atomic E-state index is 0.0271. The standard InChI is InChI=1S/C30H30O5S2/c1-17(2)23-21-15-16-22(23)30-26-24(18(3)4)25(29(21,30)35-30)27(36(31,32)19-11-7-5-8-12-19)28(26)37(33,34)20-13-9-6-10-14-20/h5-16,21-22,25-28H,1-4H3. The van der Waals surface area contributed by atoms with E-state index in [0.717, 1.165) is 11.1 Å². The molecule has 192 valence electrons. The summed E-state index contributed by atoms with van der Waals surface area (Å²) in [4.78, 5) is 0.329. The molecule has 4 bridgehead atoms. The Labute approximate surface area is 218 Å². The number of benzene rings is 2. The van der Waals surface area contributed by atoms with Gasteiger partial charge in [0.05, 0.1) is 20.3 Å². The normalized spacial score (nSPS) is 38.6. The molecule has 0 aromatic heterocycles. The van der Waals surface area contributed by atoms with E-state index in [-0.39, 0.29) is 21.6 Å². The fraction of sp³-hybridized carbons (Fsp3) is 0.400. The van der Waals surface area contributed by atoms with Gasteiger partial charge >= 0.3 is 0 Å². The number of fused-ring (bicyclic) bond motifs is 4. The van der Waals surface area contributed by atoms with E-state index in [1.54, 1.807) is 60.7 Å². The van der Waals surface area contributed by atoms with E-state index in [2.05, 4.69) is 26.0 Å². The van der Waals surface area contributed by atoms with E-state index in [9.17, 15) is 16.8 Å². The Balaban J connectivity index is 1.54. The van der Waals surface area contributed by atoms with E-state index >= 15 is 0 Å². The highest BCUT2D eigenvalue weighted by molar-refractivity contribution is 7.96. The second kappa shape index (κ2) is 7.13. The second-order valence-corrected chi connectivity index (χ2v) is 15.8. The van der Waals surface area contributed by atoms with Crippen LogP contribution in [0.25, 0.3) is 0 Å². The molecule has 0 radical (unpaired) electrons. The monoisotopic (exact) mass is 534 g/mol. The van der Waals surface area contributed by atoms with Crippen LogP contribution >= 0.6 is 0 Å². The molecule has 1 saturated heterocycles. The zero-order valence-corrected chi connectivity index (χ0v) is 22.9. The summed E-state index contributed by atoms with van der Waals surface area (Å²) in [5, 5.41) is -2.26. The van der Waals surface area contributed by atoms with Crippen LogP contribution in [0.5, 0.6) is 0 Å². The van der Waals surface area contributed by atoms with E-state index in [0.29, 0.717) is 0 Å². The van der Waals surface area contributed by atoms with Crippen molar-refractivity contribution >= 4 is 19.7 Å². The average Bonchev–Trinajstić information content (AvgIpc) is 3.16. The molecular formula is C30H30O5S2. The van der Waals surface area contributed by atoms with Crippen molar-refractivity contribution < 1.29 is 21.6 Å². The van der Waals surface area contributed by atoms with Gasteiger partial charge in [-0.05, 0) is 52.0 Å². The third kappa shape index (κ3) is 2.50. The van der Waals surface area contributed by atoms with Crippen LogP contribution in [0.1, 0.15) is 27.7 Å². The lowest BCUT2D eigenvalue weighted by atomic mass is 9.73. The van der Waals surface area contributed by atoms with Crippen molar-refractivity contribution in [2.45, 2.75) is 59.2 Å². The predicted molar refractivity (Wildman–Crippen MR) is 141 cm³/mol. The van der Waals surface area contributed by atoms with Crippen molar-refractivity contribution in [1.82, 2.24) is 0 Å². The SMILES string of the molecule is CC(C)=C1C2C=CC1C13OC21C1C(=C(C)C)C3C(S(=O)(=O)c2ccccc2)C1S(=O)(=O)c1ccccc1. The first-order valence-corrected chi connectivity index (χ1v) is 15.9. The van der Waals surface area contributed by atoms with Crippen molar-refractivity contribution in [2.75, 3.05) is 0 Å². The summed E-state index contributed by atoms with van der Waals surface area (Å²) in [5.74, 6) is -1.10. The Morgan fingerprint density at radius 3 is 1.35 bits per heavy atom. The Morgan fingerprint density at radius 2 is 1.00 bits per heavy atom. The summed E-state index contributed by atoms with van der Waals surface area (Å²) in [6, 6.07) is 16.6. The van der Waals surface area contributed by atoms with Gasteiger partial charge in [-0.1, -0.05) is 70.8 Å². The zero-order chi connectivity index (χ0) is 26.1. The molecule has 4 aliphatic carbocycles. The van der Waals surface area contributed by atoms with Crippen LogP contribution in [0.4, 0.5) is 0 Å². The third-order valence-electron chi connectivity index (χ3n) is 9.59. The minimum atomic E-state index is -4.02. The molecule has 4 fully saturated rings. The molecule has 5 aliphatic rings. The zero-order valence-electron chi connectivity index (χ0n) is 21.3. The number of allylic oxidation sites excluding steroid dienone is 2. The maximum atomic E-state index is 14.5. The van der Waals surface area contributed by atoms with Crippen LogP contribution in [0.2, 0.25) is 0 Å². The Kier molecular flexibility index (Phi) is 4.55. The lowest BCUT2D eigenvalue weighted by Crippen LogP contribution is -2.54. The molecule has 3 saturated carbocycles. The lowest BCUT2D eigenvalue weighted by molar-refractivity contribution is 0.149. The highest BCUT2D eigenvalue weighted by Crippen LogP contribution is 2.86. The Hall–Kier alpha value is -2.48. The van der Waals surface area contributed by atoms with Gasteiger partial charge in [-0.15, -0.1) is 0 Å². The maximum Gasteiger partial charge on any atom is 0.183 e. The van der Waals surface area contributed by atoms with Crippen molar-refractivity contribution in [1.29, 1.82) is 0 Å². The molecule has 7 rings (SSSR count). The third-order valence-corrected chi connectivity index (χ3v) is 14.2. The smallest absolute Gasteiger partial charge is 0.183 e. The summed E-state index contributed by atoms with van der Waals surface area (Å²) < 4.78 is 64.7. The summed E-state index contributed by atoms with van der Waals surface area (Å²) in [6.45, 7) is 8.17. The molecule has 0 N–H and O–H groups in total. The van der Waals surface area contributed by atoms with Gasteiger partial charge in [0.2, 0.25) is 0 Å². The van der Waals surface area contributed by atoms with Crippen LogP contribution in [-0.4, -0.2) is 38.5 Å². The van der Waals surface area contributed by atoms with Crippen LogP contribution in [0.3, 0.4) is 0 Å². The summed E-state index contributed by atoms with van der Waals surface area (Å²) in [6.07, 6.45) is 4.35. The quantitative estimate of drug-likeness (QED) is 0.411. The Morgan fingerprint density at radius 1 is 0.622 bits per heavy atom. The number of ether oxygens (including phenoxy) is 1. The van der Waals surface area contributed by atoms with Gasteiger partial charge in [0.25, 0.3) is 0 Å².